The summed E-state index contributed by atoms with van der Waals surface area (Å²) in [7, 11) is 0. The van der Waals surface area contributed by atoms with E-state index < -0.39 is 0 Å². The molecule has 0 unspecified atom stereocenters. The molecule has 0 fully saturated rings. The molecule has 0 aliphatic carbocycles. The van der Waals surface area contributed by atoms with Crippen molar-refractivity contribution in [1.82, 2.24) is 10.3 Å². The molecule has 1 heterocycles. The van der Waals surface area contributed by atoms with Crippen LogP contribution in [0.2, 0.25) is 0 Å². The van der Waals surface area contributed by atoms with Gasteiger partial charge in [0.25, 0.3) is 0 Å². The van der Waals surface area contributed by atoms with E-state index in [0.717, 1.165) is 30.7 Å². The number of para-hydroxylation sites is 1. The molecular formula is C18H20Cl2N2. The SMILES string of the molecule is Cl.Cl.c1ccc(CCNCc2ccc3ccccc3n2)cc1. The van der Waals surface area contributed by atoms with E-state index >= 15 is 0 Å². The number of rotatable bonds is 5. The van der Waals surface area contributed by atoms with Crippen LogP contribution in [0.3, 0.4) is 0 Å². The molecule has 1 N–H and O–H groups in total. The summed E-state index contributed by atoms with van der Waals surface area (Å²) < 4.78 is 0. The monoisotopic (exact) mass is 334 g/mol. The zero-order valence-corrected chi connectivity index (χ0v) is 13.9. The van der Waals surface area contributed by atoms with Crippen molar-refractivity contribution in [2.75, 3.05) is 6.54 Å². The van der Waals surface area contributed by atoms with Gasteiger partial charge in [0, 0.05) is 11.9 Å². The summed E-state index contributed by atoms with van der Waals surface area (Å²) in [5, 5.41) is 4.65. The summed E-state index contributed by atoms with van der Waals surface area (Å²) in [5.74, 6) is 0. The minimum absolute atomic E-state index is 0. The van der Waals surface area contributed by atoms with E-state index in [0.29, 0.717) is 0 Å². The van der Waals surface area contributed by atoms with Gasteiger partial charge in [0.1, 0.15) is 0 Å². The number of halogens is 2. The molecule has 0 aliphatic heterocycles. The number of fused-ring (bicyclic) bond motifs is 1. The molecule has 116 valence electrons. The lowest BCUT2D eigenvalue weighted by atomic mass is 10.1. The molecule has 0 amide bonds. The molecule has 2 nitrogen and oxygen atoms in total. The first kappa shape index (κ1) is 18.4. The lowest BCUT2D eigenvalue weighted by molar-refractivity contribution is 0.676. The highest BCUT2D eigenvalue weighted by atomic mass is 35.5. The summed E-state index contributed by atoms with van der Waals surface area (Å²) in [4.78, 5) is 4.66. The third kappa shape index (κ3) is 4.99. The first-order chi connectivity index (χ1) is 9.92. The molecule has 0 radical (unpaired) electrons. The molecule has 3 aromatic rings. The average molecular weight is 335 g/mol. The number of hydrogen-bond acceptors (Lipinski definition) is 2. The first-order valence-corrected chi connectivity index (χ1v) is 7.01. The van der Waals surface area contributed by atoms with E-state index in [-0.39, 0.29) is 24.8 Å². The van der Waals surface area contributed by atoms with Gasteiger partial charge in [0.15, 0.2) is 0 Å². The predicted octanol–water partition coefficient (Wildman–Crippen LogP) is 4.41. The van der Waals surface area contributed by atoms with Crippen LogP contribution >= 0.6 is 24.8 Å². The molecule has 3 rings (SSSR count). The van der Waals surface area contributed by atoms with E-state index in [1.807, 2.05) is 12.1 Å². The Balaban J connectivity index is 0.00000121. The van der Waals surface area contributed by atoms with Gasteiger partial charge in [-0.05, 0) is 30.7 Å². The van der Waals surface area contributed by atoms with Crippen molar-refractivity contribution in [3.63, 3.8) is 0 Å². The topological polar surface area (TPSA) is 24.9 Å². The van der Waals surface area contributed by atoms with Crippen molar-refractivity contribution in [1.29, 1.82) is 0 Å². The lowest BCUT2D eigenvalue weighted by Gasteiger charge is -2.06. The molecule has 0 bridgehead atoms. The Bertz CT molecular complexity index is 687. The summed E-state index contributed by atoms with van der Waals surface area (Å²) in [6, 6.07) is 23.0. The Morgan fingerprint density at radius 3 is 2.32 bits per heavy atom. The van der Waals surface area contributed by atoms with Crippen molar-refractivity contribution in [3.05, 3.63) is 78.0 Å². The Labute approximate surface area is 143 Å². The minimum Gasteiger partial charge on any atom is -0.311 e. The third-order valence-corrected chi connectivity index (χ3v) is 3.40. The summed E-state index contributed by atoms with van der Waals surface area (Å²) in [6.07, 6.45) is 1.05. The molecule has 4 heteroatoms. The van der Waals surface area contributed by atoms with Gasteiger partial charge in [-0.25, -0.2) is 0 Å². The molecule has 1 aromatic heterocycles. The summed E-state index contributed by atoms with van der Waals surface area (Å²) in [5.41, 5.74) is 3.53. The smallest absolute Gasteiger partial charge is 0.0705 e. The lowest BCUT2D eigenvalue weighted by Crippen LogP contribution is -2.17. The van der Waals surface area contributed by atoms with Gasteiger partial charge in [-0.2, -0.15) is 0 Å². The normalized spacial score (nSPS) is 9.82. The average Bonchev–Trinajstić information content (AvgIpc) is 2.52. The van der Waals surface area contributed by atoms with Crippen LogP contribution in [0.15, 0.2) is 66.7 Å². The van der Waals surface area contributed by atoms with Crippen LogP contribution in [0.1, 0.15) is 11.3 Å². The highest BCUT2D eigenvalue weighted by Gasteiger charge is 1.98. The van der Waals surface area contributed by atoms with Gasteiger partial charge in [-0.15, -0.1) is 24.8 Å². The maximum absolute atomic E-state index is 4.66. The number of aromatic nitrogens is 1. The number of benzene rings is 2. The van der Waals surface area contributed by atoms with Gasteiger partial charge >= 0.3 is 0 Å². The standard InChI is InChI=1S/C18H18N2.2ClH/c1-2-6-15(7-3-1)12-13-19-14-17-11-10-16-8-4-5-9-18(16)20-17;;/h1-11,19H,12-14H2;2*1H. The Morgan fingerprint density at radius 1 is 0.773 bits per heavy atom. The van der Waals surface area contributed by atoms with E-state index in [2.05, 4.69) is 64.9 Å². The van der Waals surface area contributed by atoms with Crippen LogP contribution in [-0.4, -0.2) is 11.5 Å². The second-order valence-electron chi connectivity index (χ2n) is 4.91. The van der Waals surface area contributed by atoms with Crippen LogP contribution in [-0.2, 0) is 13.0 Å². The molecule has 0 aliphatic rings. The van der Waals surface area contributed by atoms with Crippen molar-refractivity contribution < 1.29 is 0 Å². The number of hydrogen-bond donors (Lipinski definition) is 1. The van der Waals surface area contributed by atoms with Crippen LogP contribution in [0, 0.1) is 0 Å². The van der Waals surface area contributed by atoms with Gasteiger partial charge in [-0.3, -0.25) is 4.98 Å². The quantitative estimate of drug-likeness (QED) is 0.699. The van der Waals surface area contributed by atoms with E-state index in [1.165, 1.54) is 10.9 Å². The summed E-state index contributed by atoms with van der Waals surface area (Å²) >= 11 is 0. The Hall–Kier alpha value is -1.61. The van der Waals surface area contributed by atoms with Gasteiger partial charge in [-0.1, -0.05) is 54.6 Å². The Kier molecular flexibility index (Phi) is 7.89. The number of nitrogens with zero attached hydrogens (tertiary/aromatic N) is 1. The predicted molar refractivity (Wildman–Crippen MR) is 98.1 cm³/mol. The molecule has 2 aromatic carbocycles. The molecular weight excluding hydrogens is 315 g/mol. The second-order valence-corrected chi connectivity index (χ2v) is 4.91. The van der Waals surface area contributed by atoms with Crippen LogP contribution in [0.4, 0.5) is 0 Å². The van der Waals surface area contributed by atoms with Crippen molar-refractivity contribution in [2.24, 2.45) is 0 Å². The van der Waals surface area contributed by atoms with Crippen molar-refractivity contribution in [3.8, 4) is 0 Å². The van der Waals surface area contributed by atoms with E-state index in [9.17, 15) is 0 Å². The third-order valence-electron chi connectivity index (χ3n) is 3.40. The minimum atomic E-state index is 0. The largest absolute Gasteiger partial charge is 0.311 e. The number of pyridine rings is 1. The molecule has 0 atom stereocenters. The molecule has 0 spiro atoms. The molecule has 0 saturated heterocycles. The van der Waals surface area contributed by atoms with E-state index in [1.54, 1.807) is 0 Å². The fourth-order valence-corrected chi connectivity index (χ4v) is 2.30. The van der Waals surface area contributed by atoms with Crippen LogP contribution in [0.25, 0.3) is 10.9 Å². The maximum Gasteiger partial charge on any atom is 0.0705 e. The highest BCUT2D eigenvalue weighted by Crippen LogP contribution is 2.11. The Morgan fingerprint density at radius 2 is 1.50 bits per heavy atom. The first-order valence-electron chi connectivity index (χ1n) is 7.01. The van der Waals surface area contributed by atoms with Crippen LogP contribution in [0.5, 0.6) is 0 Å². The van der Waals surface area contributed by atoms with Crippen LogP contribution < -0.4 is 5.32 Å². The van der Waals surface area contributed by atoms with Gasteiger partial charge in [0.2, 0.25) is 0 Å². The maximum atomic E-state index is 4.66. The number of nitrogens with one attached hydrogen (secondary N) is 1. The fraction of sp³-hybridized carbons (Fsp3) is 0.167. The zero-order chi connectivity index (χ0) is 13.6. The van der Waals surface area contributed by atoms with Crippen molar-refractivity contribution in [2.45, 2.75) is 13.0 Å². The fourth-order valence-electron chi connectivity index (χ4n) is 2.30. The highest BCUT2D eigenvalue weighted by molar-refractivity contribution is 5.85. The second kappa shape index (κ2) is 9.42. The van der Waals surface area contributed by atoms with Gasteiger partial charge < -0.3 is 5.32 Å². The van der Waals surface area contributed by atoms with Crippen molar-refractivity contribution >= 4 is 35.7 Å². The van der Waals surface area contributed by atoms with Gasteiger partial charge in [0.05, 0.1) is 11.2 Å². The zero-order valence-electron chi connectivity index (χ0n) is 12.2. The molecule has 0 saturated carbocycles. The molecule has 22 heavy (non-hydrogen) atoms. The summed E-state index contributed by atoms with van der Waals surface area (Å²) in [6.45, 7) is 1.79. The van der Waals surface area contributed by atoms with E-state index in [4.69, 9.17) is 0 Å².